The highest BCUT2D eigenvalue weighted by Crippen LogP contribution is 2.39. The van der Waals surface area contributed by atoms with Gasteiger partial charge in [-0.05, 0) is 47.0 Å². The number of benzene rings is 1. The lowest BCUT2D eigenvalue weighted by molar-refractivity contribution is 0.834. The van der Waals surface area contributed by atoms with Crippen LogP contribution in [0.25, 0.3) is 5.69 Å². The first-order valence-corrected chi connectivity index (χ1v) is 6.33. The maximum absolute atomic E-state index is 9.17. The van der Waals surface area contributed by atoms with Crippen LogP contribution in [0.1, 0.15) is 30.0 Å². The van der Waals surface area contributed by atoms with E-state index < -0.39 is 0 Å². The number of rotatable bonds is 2. The standard InChI is InChI=1S/C13H10BrN3/c14-11-2-1-3-13(10(11)8-15)17-7-6-12(16-17)9-4-5-9/h1-3,6-7,9H,4-5H2. The predicted octanol–water partition coefficient (Wildman–Crippen LogP) is 3.38. The number of hydrogen-bond acceptors (Lipinski definition) is 2. The Morgan fingerprint density at radius 3 is 2.88 bits per heavy atom. The second kappa shape index (κ2) is 4.01. The molecule has 1 aliphatic carbocycles. The van der Waals surface area contributed by atoms with Crippen molar-refractivity contribution in [2.75, 3.05) is 0 Å². The molecule has 84 valence electrons. The van der Waals surface area contributed by atoms with Gasteiger partial charge in [0, 0.05) is 16.6 Å². The van der Waals surface area contributed by atoms with Gasteiger partial charge in [0.25, 0.3) is 0 Å². The summed E-state index contributed by atoms with van der Waals surface area (Å²) in [4.78, 5) is 0. The maximum Gasteiger partial charge on any atom is 0.103 e. The summed E-state index contributed by atoms with van der Waals surface area (Å²) in [6.45, 7) is 0. The number of nitrogens with zero attached hydrogens (tertiary/aromatic N) is 3. The molecule has 0 radical (unpaired) electrons. The van der Waals surface area contributed by atoms with Crippen LogP contribution in [0.2, 0.25) is 0 Å². The Morgan fingerprint density at radius 2 is 2.18 bits per heavy atom. The molecule has 1 aromatic heterocycles. The van der Waals surface area contributed by atoms with Gasteiger partial charge in [0.05, 0.1) is 16.9 Å². The van der Waals surface area contributed by atoms with Crippen molar-refractivity contribution < 1.29 is 0 Å². The van der Waals surface area contributed by atoms with E-state index in [1.165, 1.54) is 12.8 Å². The highest BCUT2D eigenvalue weighted by Gasteiger charge is 2.26. The van der Waals surface area contributed by atoms with Crippen molar-refractivity contribution >= 4 is 15.9 Å². The van der Waals surface area contributed by atoms with Gasteiger partial charge in [0.1, 0.15) is 6.07 Å². The summed E-state index contributed by atoms with van der Waals surface area (Å²) in [5.74, 6) is 0.633. The molecule has 4 heteroatoms. The molecule has 1 saturated carbocycles. The van der Waals surface area contributed by atoms with Gasteiger partial charge in [0.15, 0.2) is 0 Å². The lowest BCUT2D eigenvalue weighted by Crippen LogP contribution is -1.99. The molecule has 2 aromatic rings. The van der Waals surface area contributed by atoms with Gasteiger partial charge in [-0.1, -0.05) is 6.07 Å². The average Bonchev–Trinajstić information content (AvgIpc) is 3.07. The summed E-state index contributed by atoms with van der Waals surface area (Å²) in [7, 11) is 0. The molecule has 1 fully saturated rings. The van der Waals surface area contributed by atoms with Crippen LogP contribution in [0.15, 0.2) is 34.9 Å². The van der Waals surface area contributed by atoms with Crippen molar-refractivity contribution in [1.82, 2.24) is 9.78 Å². The third kappa shape index (κ3) is 1.87. The van der Waals surface area contributed by atoms with E-state index in [4.69, 9.17) is 5.26 Å². The first-order valence-electron chi connectivity index (χ1n) is 5.54. The summed E-state index contributed by atoms with van der Waals surface area (Å²) in [5, 5.41) is 13.7. The van der Waals surface area contributed by atoms with Gasteiger partial charge in [-0.25, -0.2) is 4.68 Å². The summed E-state index contributed by atoms with van der Waals surface area (Å²) in [6, 6.07) is 9.94. The van der Waals surface area contributed by atoms with E-state index in [2.05, 4.69) is 27.1 Å². The van der Waals surface area contributed by atoms with Gasteiger partial charge in [-0.2, -0.15) is 10.4 Å². The fourth-order valence-electron chi connectivity index (χ4n) is 1.88. The highest BCUT2D eigenvalue weighted by atomic mass is 79.9. The summed E-state index contributed by atoms with van der Waals surface area (Å²) >= 11 is 3.39. The van der Waals surface area contributed by atoms with Crippen LogP contribution in [0.3, 0.4) is 0 Å². The Labute approximate surface area is 108 Å². The van der Waals surface area contributed by atoms with Crippen LogP contribution in [0.4, 0.5) is 0 Å². The van der Waals surface area contributed by atoms with Gasteiger partial charge < -0.3 is 0 Å². The van der Waals surface area contributed by atoms with Crippen molar-refractivity contribution in [3.63, 3.8) is 0 Å². The summed E-state index contributed by atoms with van der Waals surface area (Å²) < 4.78 is 2.60. The molecule has 0 aliphatic heterocycles. The van der Waals surface area contributed by atoms with E-state index in [9.17, 15) is 0 Å². The molecule has 0 N–H and O–H groups in total. The number of nitriles is 1. The SMILES string of the molecule is N#Cc1c(Br)cccc1-n1ccc(C2CC2)n1. The molecule has 3 rings (SSSR count). The largest absolute Gasteiger partial charge is 0.239 e. The fraction of sp³-hybridized carbons (Fsp3) is 0.231. The first kappa shape index (κ1) is 10.5. The second-order valence-electron chi connectivity index (χ2n) is 4.21. The molecular weight excluding hydrogens is 278 g/mol. The highest BCUT2D eigenvalue weighted by molar-refractivity contribution is 9.10. The van der Waals surface area contributed by atoms with Crippen LogP contribution in [0, 0.1) is 11.3 Å². The maximum atomic E-state index is 9.17. The van der Waals surface area contributed by atoms with Crippen molar-refractivity contribution in [3.05, 3.63) is 46.2 Å². The molecular formula is C13H10BrN3. The van der Waals surface area contributed by atoms with E-state index in [1.807, 2.05) is 30.5 Å². The van der Waals surface area contributed by atoms with Gasteiger partial charge in [0.2, 0.25) is 0 Å². The average molecular weight is 288 g/mol. The minimum Gasteiger partial charge on any atom is -0.239 e. The lowest BCUT2D eigenvalue weighted by atomic mass is 10.2. The molecule has 17 heavy (non-hydrogen) atoms. The van der Waals surface area contributed by atoms with Crippen LogP contribution >= 0.6 is 15.9 Å². The van der Waals surface area contributed by atoms with Crippen LogP contribution in [-0.2, 0) is 0 Å². The number of aromatic nitrogens is 2. The van der Waals surface area contributed by atoms with E-state index in [0.717, 1.165) is 15.9 Å². The van der Waals surface area contributed by atoms with Crippen molar-refractivity contribution in [3.8, 4) is 11.8 Å². The van der Waals surface area contributed by atoms with Crippen molar-refractivity contribution in [2.45, 2.75) is 18.8 Å². The fourth-order valence-corrected chi connectivity index (χ4v) is 2.33. The Morgan fingerprint density at radius 1 is 1.35 bits per heavy atom. The summed E-state index contributed by atoms with van der Waals surface area (Å²) in [5.41, 5.74) is 2.58. The molecule has 0 spiro atoms. The normalized spacial score (nSPS) is 14.6. The minimum atomic E-state index is 0.623. The zero-order valence-electron chi connectivity index (χ0n) is 9.10. The molecule has 0 atom stereocenters. The van der Waals surface area contributed by atoms with Gasteiger partial charge in [-0.15, -0.1) is 0 Å². The third-order valence-corrected chi connectivity index (χ3v) is 3.62. The van der Waals surface area contributed by atoms with Crippen LogP contribution in [0.5, 0.6) is 0 Å². The quantitative estimate of drug-likeness (QED) is 0.850. The van der Waals surface area contributed by atoms with E-state index in [-0.39, 0.29) is 0 Å². The first-order chi connectivity index (χ1) is 8.29. The molecule has 1 aliphatic rings. The van der Waals surface area contributed by atoms with E-state index in [1.54, 1.807) is 4.68 Å². The molecule has 3 nitrogen and oxygen atoms in total. The number of halogens is 1. The van der Waals surface area contributed by atoms with Crippen molar-refractivity contribution in [1.29, 1.82) is 5.26 Å². The van der Waals surface area contributed by atoms with Crippen molar-refractivity contribution in [2.24, 2.45) is 0 Å². The zero-order valence-corrected chi connectivity index (χ0v) is 10.7. The van der Waals surface area contributed by atoms with E-state index >= 15 is 0 Å². The Bertz CT molecular complexity index is 605. The molecule has 0 saturated heterocycles. The number of hydrogen-bond donors (Lipinski definition) is 0. The molecule has 0 unspecified atom stereocenters. The molecule has 0 amide bonds. The van der Waals surface area contributed by atoms with Gasteiger partial charge in [-0.3, -0.25) is 0 Å². The lowest BCUT2D eigenvalue weighted by Gasteiger charge is -2.05. The topological polar surface area (TPSA) is 41.6 Å². The smallest absolute Gasteiger partial charge is 0.103 e. The molecule has 1 heterocycles. The predicted molar refractivity (Wildman–Crippen MR) is 68.0 cm³/mol. The second-order valence-corrected chi connectivity index (χ2v) is 5.06. The van der Waals surface area contributed by atoms with Crippen LogP contribution in [-0.4, -0.2) is 9.78 Å². The Hall–Kier alpha value is -1.60. The van der Waals surface area contributed by atoms with Crippen LogP contribution < -0.4 is 0 Å². The third-order valence-electron chi connectivity index (χ3n) is 2.96. The molecule has 1 aromatic carbocycles. The van der Waals surface area contributed by atoms with E-state index in [0.29, 0.717) is 11.5 Å². The monoisotopic (exact) mass is 287 g/mol. The zero-order chi connectivity index (χ0) is 11.8. The Balaban J connectivity index is 2.08. The summed E-state index contributed by atoms with van der Waals surface area (Å²) in [6.07, 6.45) is 4.40. The minimum absolute atomic E-state index is 0.623. The Kier molecular flexibility index (Phi) is 2.49. The molecule has 0 bridgehead atoms. The van der Waals surface area contributed by atoms with Gasteiger partial charge >= 0.3 is 0 Å².